The van der Waals surface area contributed by atoms with Gasteiger partial charge in [0.15, 0.2) is 17.3 Å². The van der Waals surface area contributed by atoms with Crippen molar-refractivity contribution < 1.29 is 19.4 Å². The number of benzene rings is 2. The highest BCUT2D eigenvalue weighted by Crippen LogP contribution is 2.28. The molecular weight excluding hydrogens is 380 g/mol. The van der Waals surface area contributed by atoms with E-state index in [1.807, 2.05) is 0 Å². The molecule has 6 heteroatoms. The van der Waals surface area contributed by atoms with Crippen molar-refractivity contribution in [2.45, 2.75) is 26.9 Å². The minimum atomic E-state index is -0.602. The summed E-state index contributed by atoms with van der Waals surface area (Å²) in [6.07, 6.45) is -0.602. The van der Waals surface area contributed by atoms with Crippen molar-refractivity contribution >= 4 is 11.5 Å². The van der Waals surface area contributed by atoms with E-state index in [0.717, 1.165) is 26.2 Å². The van der Waals surface area contributed by atoms with Crippen LogP contribution >= 0.6 is 0 Å². The third-order valence-electron chi connectivity index (χ3n) is 5.41. The van der Waals surface area contributed by atoms with Crippen molar-refractivity contribution in [3.8, 4) is 11.5 Å². The van der Waals surface area contributed by atoms with Crippen LogP contribution in [0.4, 0.5) is 5.69 Å². The zero-order valence-corrected chi connectivity index (χ0v) is 18.4. The summed E-state index contributed by atoms with van der Waals surface area (Å²) in [5.74, 6) is 0.998. The first kappa shape index (κ1) is 22.1. The summed E-state index contributed by atoms with van der Waals surface area (Å²) in [6, 6.07) is 11.7. The number of hydrogen-bond donors (Lipinski definition) is 1. The Balaban J connectivity index is 1.48. The summed E-state index contributed by atoms with van der Waals surface area (Å²) in [6.45, 7) is 10.2. The van der Waals surface area contributed by atoms with E-state index in [0.29, 0.717) is 23.6 Å². The summed E-state index contributed by atoms with van der Waals surface area (Å²) in [5, 5.41) is 10.4. The van der Waals surface area contributed by atoms with Crippen LogP contribution in [0.25, 0.3) is 0 Å². The fraction of sp³-hybridized carbons (Fsp3) is 0.458. The minimum absolute atomic E-state index is 0.0279. The molecule has 1 atom stereocenters. The Hall–Kier alpha value is -2.57. The Kier molecular flexibility index (Phi) is 7.34. The van der Waals surface area contributed by atoms with Gasteiger partial charge in [-0.25, -0.2) is 0 Å². The van der Waals surface area contributed by atoms with E-state index in [1.165, 1.54) is 30.8 Å². The third-order valence-corrected chi connectivity index (χ3v) is 5.41. The van der Waals surface area contributed by atoms with Crippen LogP contribution < -0.4 is 14.4 Å². The standard InChI is InChI=1S/C24H32N2O4/c1-17-11-18(2)13-21(12-17)26-9-7-25(8-10-26)15-22(28)16-30-23-6-5-20(19(3)27)14-24(23)29-4/h5-6,11-14,22,28H,7-10,15-16H2,1-4H3/t22-/m0/s1. The average Bonchev–Trinajstić information content (AvgIpc) is 2.71. The van der Waals surface area contributed by atoms with Crippen LogP contribution in [-0.4, -0.2) is 68.3 Å². The van der Waals surface area contributed by atoms with E-state index in [9.17, 15) is 9.90 Å². The van der Waals surface area contributed by atoms with Crippen LogP contribution in [0.5, 0.6) is 11.5 Å². The molecule has 1 N–H and O–H groups in total. The number of carbonyl (C=O) groups excluding carboxylic acids is 1. The Morgan fingerprint density at radius 3 is 2.30 bits per heavy atom. The molecule has 0 unspecified atom stereocenters. The Bertz CT molecular complexity index is 855. The van der Waals surface area contributed by atoms with Crippen LogP contribution in [0.2, 0.25) is 0 Å². The first-order valence-corrected chi connectivity index (χ1v) is 10.4. The number of ketones is 1. The molecule has 6 nitrogen and oxygen atoms in total. The highest BCUT2D eigenvalue weighted by Gasteiger charge is 2.20. The maximum atomic E-state index is 11.5. The normalized spacial score (nSPS) is 15.7. The molecule has 162 valence electrons. The van der Waals surface area contributed by atoms with E-state index < -0.39 is 6.10 Å². The Labute approximate surface area is 179 Å². The number of piperazine rings is 1. The number of aliphatic hydroxyl groups is 1. The molecule has 1 heterocycles. The maximum Gasteiger partial charge on any atom is 0.161 e. The molecule has 0 aliphatic carbocycles. The monoisotopic (exact) mass is 412 g/mol. The van der Waals surface area contributed by atoms with E-state index in [1.54, 1.807) is 18.2 Å². The third kappa shape index (κ3) is 5.74. The highest BCUT2D eigenvalue weighted by molar-refractivity contribution is 5.94. The van der Waals surface area contributed by atoms with Crippen molar-refractivity contribution in [2.75, 3.05) is 51.3 Å². The first-order valence-electron chi connectivity index (χ1n) is 10.4. The summed E-state index contributed by atoms with van der Waals surface area (Å²) in [5.41, 5.74) is 4.41. The number of Topliss-reactive ketones (excluding diaryl/α,β-unsaturated/α-hetero) is 1. The van der Waals surface area contributed by atoms with Gasteiger partial charge in [-0.2, -0.15) is 0 Å². The molecule has 2 aromatic rings. The summed E-state index contributed by atoms with van der Waals surface area (Å²) in [4.78, 5) is 16.2. The number of anilines is 1. The number of rotatable bonds is 8. The number of aryl methyl sites for hydroxylation is 2. The molecule has 30 heavy (non-hydrogen) atoms. The fourth-order valence-corrected chi connectivity index (χ4v) is 3.86. The zero-order valence-electron chi connectivity index (χ0n) is 18.4. The lowest BCUT2D eigenvalue weighted by atomic mass is 10.1. The molecule has 1 aliphatic heterocycles. The van der Waals surface area contributed by atoms with Gasteiger partial charge in [-0.05, 0) is 62.2 Å². The lowest BCUT2D eigenvalue weighted by Crippen LogP contribution is -2.49. The smallest absolute Gasteiger partial charge is 0.161 e. The Morgan fingerprint density at radius 1 is 1.03 bits per heavy atom. The van der Waals surface area contributed by atoms with Gasteiger partial charge in [0.05, 0.1) is 7.11 Å². The molecule has 1 saturated heterocycles. The van der Waals surface area contributed by atoms with Crippen LogP contribution in [-0.2, 0) is 0 Å². The van der Waals surface area contributed by atoms with Crippen LogP contribution in [0.15, 0.2) is 36.4 Å². The number of nitrogens with zero attached hydrogens (tertiary/aromatic N) is 2. The molecule has 1 aliphatic rings. The van der Waals surface area contributed by atoms with Crippen molar-refractivity contribution in [1.82, 2.24) is 4.90 Å². The van der Waals surface area contributed by atoms with Gasteiger partial charge < -0.3 is 19.5 Å². The molecular formula is C24H32N2O4. The number of aliphatic hydroxyl groups excluding tert-OH is 1. The van der Waals surface area contributed by atoms with Crippen molar-refractivity contribution in [2.24, 2.45) is 0 Å². The second-order valence-corrected chi connectivity index (χ2v) is 8.02. The second-order valence-electron chi connectivity index (χ2n) is 8.02. The summed E-state index contributed by atoms with van der Waals surface area (Å²) < 4.78 is 11.1. The predicted octanol–water partition coefficient (Wildman–Crippen LogP) is 3.08. The molecule has 0 radical (unpaired) electrons. The lowest BCUT2D eigenvalue weighted by Gasteiger charge is -2.37. The van der Waals surface area contributed by atoms with E-state index in [4.69, 9.17) is 9.47 Å². The van der Waals surface area contributed by atoms with Crippen LogP contribution in [0, 0.1) is 13.8 Å². The molecule has 0 spiro atoms. The van der Waals surface area contributed by atoms with E-state index in [-0.39, 0.29) is 12.4 Å². The molecule has 0 bridgehead atoms. The first-order chi connectivity index (χ1) is 14.4. The van der Waals surface area contributed by atoms with Crippen LogP contribution in [0.3, 0.4) is 0 Å². The van der Waals surface area contributed by atoms with Gasteiger partial charge in [0.2, 0.25) is 0 Å². The van der Waals surface area contributed by atoms with Gasteiger partial charge in [-0.15, -0.1) is 0 Å². The highest BCUT2D eigenvalue weighted by atomic mass is 16.5. The van der Waals surface area contributed by atoms with Crippen LogP contribution in [0.1, 0.15) is 28.4 Å². The minimum Gasteiger partial charge on any atom is -0.493 e. The number of methoxy groups -OCH3 is 1. The van der Waals surface area contributed by atoms with Crippen molar-refractivity contribution in [3.05, 3.63) is 53.1 Å². The summed E-state index contributed by atoms with van der Waals surface area (Å²) >= 11 is 0. The molecule has 0 aromatic heterocycles. The SMILES string of the molecule is COc1cc(C(C)=O)ccc1OC[C@@H](O)CN1CCN(c2cc(C)cc(C)c2)CC1. The van der Waals surface area contributed by atoms with Gasteiger partial charge >= 0.3 is 0 Å². The topological polar surface area (TPSA) is 62.2 Å². The van der Waals surface area contributed by atoms with Gasteiger partial charge in [-0.1, -0.05) is 6.07 Å². The quantitative estimate of drug-likeness (QED) is 0.673. The zero-order chi connectivity index (χ0) is 21.7. The molecule has 2 aromatic carbocycles. The Morgan fingerprint density at radius 2 is 1.70 bits per heavy atom. The molecule has 3 rings (SSSR count). The van der Waals surface area contributed by atoms with Gasteiger partial charge in [-0.3, -0.25) is 9.69 Å². The van der Waals surface area contributed by atoms with Crippen molar-refractivity contribution in [1.29, 1.82) is 0 Å². The number of carbonyl (C=O) groups is 1. The second kappa shape index (κ2) is 9.96. The largest absolute Gasteiger partial charge is 0.493 e. The average molecular weight is 413 g/mol. The maximum absolute atomic E-state index is 11.5. The van der Waals surface area contributed by atoms with Gasteiger partial charge in [0, 0.05) is 44.0 Å². The van der Waals surface area contributed by atoms with E-state index >= 15 is 0 Å². The van der Waals surface area contributed by atoms with Gasteiger partial charge in [0.1, 0.15) is 12.7 Å². The molecule has 1 fully saturated rings. The van der Waals surface area contributed by atoms with E-state index in [2.05, 4.69) is 41.8 Å². The lowest BCUT2D eigenvalue weighted by molar-refractivity contribution is 0.0653. The summed E-state index contributed by atoms with van der Waals surface area (Å²) in [7, 11) is 1.54. The predicted molar refractivity (Wildman–Crippen MR) is 119 cm³/mol. The number of β-amino-alcohol motifs (C(OH)–C–C–N with tert-alkyl or cyclic N) is 1. The fourth-order valence-electron chi connectivity index (χ4n) is 3.86. The number of ether oxygens (including phenoxy) is 2. The molecule has 0 saturated carbocycles. The number of hydrogen-bond acceptors (Lipinski definition) is 6. The van der Waals surface area contributed by atoms with Gasteiger partial charge in [0.25, 0.3) is 0 Å². The van der Waals surface area contributed by atoms with Crippen molar-refractivity contribution in [3.63, 3.8) is 0 Å². The molecule has 0 amide bonds.